The highest BCUT2D eigenvalue weighted by Crippen LogP contribution is 2.24. The SMILES string of the molecule is C[N+](C)(CCCCCCCCN1CCC(OC(=O)NC(c2ccccc2)c2ccccc2)CC1)CCCN1C(=O)c2ccccc2C1=O. The molecule has 5 rings (SSSR count). The van der Waals surface area contributed by atoms with Gasteiger partial charge in [-0.25, -0.2) is 4.79 Å². The van der Waals surface area contributed by atoms with Gasteiger partial charge in [-0.1, -0.05) is 92.1 Å². The Morgan fingerprint density at radius 3 is 1.79 bits per heavy atom. The quantitative estimate of drug-likeness (QED) is 0.0958. The first-order valence-electron chi connectivity index (χ1n) is 17.9. The smallest absolute Gasteiger partial charge is 0.408 e. The molecule has 0 atom stereocenters. The van der Waals surface area contributed by atoms with E-state index >= 15 is 0 Å². The average Bonchev–Trinajstić information content (AvgIpc) is 3.34. The second kappa shape index (κ2) is 17.4. The van der Waals surface area contributed by atoms with Crippen LogP contribution in [0.1, 0.15) is 95.7 Å². The average molecular weight is 654 g/mol. The lowest BCUT2D eigenvalue weighted by molar-refractivity contribution is -0.890. The fraction of sp³-hybridized carbons (Fsp3) is 0.475. The Bertz CT molecular complexity index is 1400. The van der Waals surface area contributed by atoms with Crippen LogP contribution in [0, 0.1) is 0 Å². The highest BCUT2D eigenvalue weighted by atomic mass is 16.6. The minimum atomic E-state index is -0.352. The standard InChI is InChI=1S/C40H52N4O4/c1-44(2,31-17-27-43-38(45)35-22-13-14-23-36(35)39(43)46)30-16-6-4-3-5-15-26-42-28-24-34(25-29-42)48-40(47)41-37(32-18-9-7-10-19-32)33-20-11-8-12-21-33/h7-14,18-23,34,37H,3-6,15-17,24-31H2,1-2H3/p+1. The van der Waals surface area contributed by atoms with Crippen LogP contribution in [-0.4, -0.2) is 91.7 Å². The molecule has 3 amide bonds. The van der Waals surface area contributed by atoms with Crippen molar-refractivity contribution in [3.63, 3.8) is 0 Å². The van der Waals surface area contributed by atoms with Gasteiger partial charge >= 0.3 is 6.09 Å². The molecule has 1 N–H and O–H groups in total. The molecule has 256 valence electrons. The Kier molecular flexibility index (Phi) is 12.8. The van der Waals surface area contributed by atoms with Crippen molar-refractivity contribution in [3.05, 3.63) is 107 Å². The Balaban J connectivity index is 0.890. The lowest BCUT2D eigenvalue weighted by atomic mass is 9.99. The summed E-state index contributed by atoms with van der Waals surface area (Å²) in [4.78, 5) is 42.0. The molecule has 0 aromatic heterocycles. The molecule has 2 heterocycles. The minimum absolute atomic E-state index is 0.0431. The highest BCUT2D eigenvalue weighted by molar-refractivity contribution is 6.21. The maximum atomic E-state index is 12.9. The molecule has 0 unspecified atom stereocenters. The summed E-state index contributed by atoms with van der Waals surface area (Å²) in [7, 11) is 4.49. The monoisotopic (exact) mass is 653 g/mol. The summed E-state index contributed by atoms with van der Waals surface area (Å²) < 4.78 is 6.78. The minimum Gasteiger partial charge on any atom is -0.446 e. The molecule has 1 fully saturated rings. The Morgan fingerprint density at radius 1 is 0.708 bits per heavy atom. The number of benzene rings is 3. The van der Waals surface area contributed by atoms with E-state index in [9.17, 15) is 14.4 Å². The molecule has 2 aliphatic rings. The lowest BCUT2D eigenvalue weighted by Gasteiger charge is -2.32. The summed E-state index contributed by atoms with van der Waals surface area (Å²) in [5, 5.41) is 3.10. The van der Waals surface area contributed by atoms with Gasteiger partial charge in [-0.15, -0.1) is 0 Å². The number of hydrogen-bond acceptors (Lipinski definition) is 5. The van der Waals surface area contributed by atoms with Gasteiger partial charge < -0.3 is 19.4 Å². The van der Waals surface area contributed by atoms with Gasteiger partial charge in [-0.3, -0.25) is 14.5 Å². The van der Waals surface area contributed by atoms with E-state index in [1.807, 2.05) is 72.8 Å². The largest absolute Gasteiger partial charge is 0.446 e. The Hall–Kier alpha value is -4.01. The summed E-state index contributed by atoms with van der Waals surface area (Å²) in [6, 6.07) is 26.9. The van der Waals surface area contributed by atoms with Crippen molar-refractivity contribution in [2.24, 2.45) is 0 Å². The van der Waals surface area contributed by atoms with Crippen molar-refractivity contribution in [1.29, 1.82) is 0 Å². The van der Waals surface area contributed by atoms with Crippen molar-refractivity contribution in [2.45, 2.75) is 69.9 Å². The molecular weight excluding hydrogens is 600 g/mol. The van der Waals surface area contributed by atoms with Crippen molar-refractivity contribution in [2.75, 3.05) is 53.4 Å². The van der Waals surface area contributed by atoms with Crippen molar-refractivity contribution < 1.29 is 23.6 Å². The number of amides is 3. The van der Waals surface area contributed by atoms with Gasteiger partial charge in [0.15, 0.2) is 0 Å². The topological polar surface area (TPSA) is 79.0 Å². The number of unbranched alkanes of at least 4 members (excludes halogenated alkanes) is 5. The summed E-state index contributed by atoms with van der Waals surface area (Å²) in [5.41, 5.74) is 3.13. The predicted octanol–water partition coefficient (Wildman–Crippen LogP) is 7.07. The summed E-state index contributed by atoms with van der Waals surface area (Å²) in [6.45, 7) is 5.59. The van der Waals surface area contributed by atoms with E-state index in [-0.39, 0.29) is 30.1 Å². The second-order valence-electron chi connectivity index (χ2n) is 14.0. The number of imide groups is 1. The third-order valence-corrected chi connectivity index (χ3v) is 9.85. The van der Waals surface area contributed by atoms with Crippen molar-refractivity contribution in [3.8, 4) is 0 Å². The highest BCUT2D eigenvalue weighted by Gasteiger charge is 2.35. The van der Waals surface area contributed by atoms with E-state index in [0.717, 1.165) is 67.6 Å². The van der Waals surface area contributed by atoms with Crippen LogP contribution in [0.5, 0.6) is 0 Å². The molecule has 48 heavy (non-hydrogen) atoms. The third-order valence-electron chi connectivity index (χ3n) is 9.85. The number of alkyl carbamates (subject to hydrolysis) is 1. The maximum absolute atomic E-state index is 12.9. The molecular formula is C40H53N4O4+. The molecule has 2 aliphatic heterocycles. The number of fused-ring (bicyclic) bond motifs is 1. The van der Waals surface area contributed by atoms with Crippen LogP contribution in [0.3, 0.4) is 0 Å². The van der Waals surface area contributed by atoms with E-state index in [0.29, 0.717) is 17.7 Å². The number of ether oxygens (including phenoxy) is 1. The fourth-order valence-corrected chi connectivity index (χ4v) is 7.00. The zero-order chi connectivity index (χ0) is 33.8. The van der Waals surface area contributed by atoms with Crippen LogP contribution in [-0.2, 0) is 4.74 Å². The number of carbonyl (C=O) groups excluding carboxylic acids is 3. The number of likely N-dealkylation sites (tertiary alicyclic amines) is 1. The van der Waals surface area contributed by atoms with Crippen LogP contribution in [0.25, 0.3) is 0 Å². The number of hydrogen-bond donors (Lipinski definition) is 1. The number of nitrogens with zero attached hydrogens (tertiary/aromatic N) is 3. The van der Waals surface area contributed by atoms with Crippen LogP contribution >= 0.6 is 0 Å². The normalized spacial score (nSPS) is 15.6. The van der Waals surface area contributed by atoms with E-state index in [2.05, 4.69) is 24.3 Å². The third kappa shape index (κ3) is 10.0. The zero-order valence-electron chi connectivity index (χ0n) is 28.8. The van der Waals surface area contributed by atoms with Gasteiger partial charge in [0.2, 0.25) is 0 Å². The fourth-order valence-electron chi connectivity index (χ4n) is 7.00. The predicted molar refractivity (Wildman–Crippen MR) is 190 cm³/mol. The van der Waals surface area contributed by atoms with Crippen LogP contribution in [0.15, 0.2) is 84.9 Å². The van der Waals surface area contributed by atoms with Gasteiger partial charge in [0.1, 0.15) is 6.10 Å². The number of nitrogens with one attached hydrogen (secondary N) is 1. The zero-order valence-corrected chi connectivity index (χ0v) is 28.8. The number of rotatable bonds is 17. The van der Waals surface area contributed by atoms with Gasteiger partial charge in [0.25, 0.3) is 11.8 Å². The van der Waals surface area contributed by atoms with Gasteiger partial charge in [0, 0.05) is 26.1 Å². The van der Waals surface area contributed by atoms with E-state index in [4.69, 9.17) is 4.74 Å². The number of carbonyl (C=O) groups is 3. The van der Waals surface area contributed by atoms with Crippen molar-refractivity contribution >= 4 is 17.9 Å². The molecule has 0 aliphatic carbocycles. The van der Waals surface area contributed by atoms with E-state index in [1.165, 1.54) is 43.4 Å². The first-order valence-corrected chi connectivity index (χ1v) is 17.9. The summed E-state index contributed by atoms with van der Waals surface area (Å²) in [5.74, 6) is -0.313. The summed E-state index contributed by atoms with van der Waals surface area (Å²) >= 11 is 0. The van der Waals surface area contributed by atoms with E-state index in [1.54, 1.807) is 12.1 Å². The Labute approximate surface area is 286 Å². The van der Waals surface area contributed by atoms with Crippen LogP contribution in [0.2, 0.25) is 0 Å². The second-order valence-corrected chi connectivity index (χ2v) is 14.0. The molecule has 0 radical (unpaired) electrons. The molecule has 8 heteroatoms. The number of quaternary nitrogens is 1. The maximum Gasteiger partial charge on any atom is 0.408 e. The molecule has 0 saturated carbocycles. The van der Waals surface area contributed by atoms with Gasteiger partial charge in [0.05, 0.1) is 44.4 Å². The van der Waals surface area contributed by atoms with Crippen molar-refractivity contribution in [1.82, 2.24) is 15.1 Å². The van der Waals surface area contributed by atoms with Crippen LogP contribution < -0.4 is 5.32 Å². The van der Waals surface area contributed by atoms with Gasteiger partial charge in [-0.2, -0.15) is 0 Å². The first kappa shape index (κ1) is 35.3. The molecule has 0 bridgehead atoms. The van der Waals surface area contributed by atoms with Crippen LogP contribution in [0.4, 0.5) is 4.79 Å². The molecule has 3 aromatic carbocycles. The molecule has 0 spiro atoms. The molecule has 1 saturated heterocycles. The number of piperidine rings is 1. The van der Waals surface area contributed by atoms with Gasteiger partial charge in [-0.05, 0) is 61.9 Å². The Morgan fingerprint density at radius 2 is 1.21 bits per heavy atom. The summed E-state index contributed by atoms with van der Waals surface area (Å²) in [6.07, 6.45) is 9.58. The molecule has 3 aromatic rings. The lowest BCUT2D eigenvalue weighted by Crippen LogP contribution is -2.43. The molecule has 8 nitrogen and oxygen atoms in total. The van der Waals surface area contributed by atoms with E-state index < -0.39 is 0 Å². The first-order chi connectivity index (χ1) is 23.3.